The van der Waals surface area contributed by atoms with Gasteiger partial charge in [0.2, 0.25) is 0 Å². The lowest BCUT2D eigenvalue weighted by atomic mass is 10.0. The van der Waals surface area contributed by atoms with E-state index in [1.165, 1.54) is 11.1 Å². The highest BCUT2D eigenvalue weighted by atomic mass is 16.3. The molecule has 0 bridgehead atoms. The molecule has 1 heterocycles. The number of piperidine rings is 1. The fourth-order valence-electron chi connectivity index (χ4n) is 2.73. The van der Waals surface area contributed by atoms with Gasteiger partial charge in [-0.25, -0.2) is 0 Å². The van der Waals surface area contributed by atoms with Crippen molar-refractivity contribution in [2.24, 2.45) is 4.99 Å². The first-order chi connectivity index (χ1) is 10.6. The van der Waals surface area contributed by atoms with E-state index in [2.05, 4.69) is 55.3 Å². The second kappa shape index (κ2) is 8.18. The number of nitrogens with zero attached hydrogens (tertiary/aromatic N) is 2. The van der Waals surface area contributed by atoms with Gasteiger partial charge in [0.25, 0.3) is 0 Å². The molecule has 0 spiro atoms. The van der Waals surface area contributed by atoms with Crippen molar-refractivity contribution in [3.63, 3.8) is 0 Å². The van der Waals surface area contributed by atoms with Crippen LogP contribution in [0.2, 0.25) is 0 Å². The molecule has 1 unspecified atom stereocenters. The van der Waals surface area contributed by atoms with Crippen molar-refractivity contribution >= 4 is 5.96 Å². The fourth-order valence-corrected chi connectivity index (χ4v) is 2.73. The Hall–Kier alpha value is -1.55. The summed E-state index contributed by atoms with van der Waals surface area (Å²) in [7, 11) is 0. The molecule has 0 aliphatic carbocycles. The molecule has 22 heavy (non-hydrogen) atoms. The van der Waals surface area contributed by atoms with Crippen molar-refractivity contribution in [3.8, 4) is 0 Å². The maximum atomic E-state index is 9.64. The molecule has 2 N–H and O–H groups in total. The zero-order valence-corrected chi connectivity index (χ0v) is 14.0. The maximum Gasteiger partial charge on any atom is 0.193 e. The van der Waals surface area contributed by atoms with E-state index in [1.54, 1.807) is 0 Å². The highest BCUT2D eigenvalue weighted by Crippen LogP contribution is 2.17. The van der Waals surface area contributed by atoms with Crippen LogP contribution >= 0.6 is 0 Å². The van der Waals surface area contributed by atoms with Crippen LogP contribution in [0.25, 0.3) is 0 Å². The normalized spacial score (nSPS) is 18.4. The maximum absolute atomic E-state index is 9.64. The molecule has 1 aromatic rings. The summed E-state index contributed by atoms with van der Waals surface area (Å²) < 4.78 is 0. The van der Waals surface area contributed by atoms with E-state index in [9.17, 15) is 5.11 Å². The molecule has 0 radical (unpaired) electrons. The van der Waals surface area contributed by atoms with Crippen LogP contribution in [-0.2, 0) is 0 Å². The lowest BCUT2D eigenvalue weighted by Crippen LogP contribution is -2.46. The molecule has 2 rings (SSSR count). The lowest BCUT2D eigenvalue weighted by molar-refractivity contribution is 0.108. The Morgan fingerprint density at radius 3 is 2.55 bits per heavy atom. The van der Waals surface area contributed by atoms with Crippen molar-refractivity contribution in [2.45, 2.75) is 45.6 Å². The molecule has 1 aliphatic heterocycles. The van der Waals surface area contributed by atoms with Crippen LogP contribution in [0.4, 0.5) is 0 Å². The minimum atomic E-state index is -0.148. The second-order valence-corrected chi connectivity index (χ2v) is 6.22. The third-order valence-electron chi connectivity index (χ3n) is 4.26. The number of aliphatic imine (C=N–C) groups is 1. The van der Waals surface area contributed by atoms with Gasteiger partial charge in [0.05, 0.1) is 6.10 Å². The van der Waals surface area contributed by atoms with Crippen LogP contribution in [0.3, 0.4) is 0 Å². The van der Waals surface area contributed by atoms with E-state index in [1.807, 2.05) is 0 Å². The van der Waals surface area contributed by atoms with Crippen molar-refractivity contribution in [1.82, 2.24) is 10.2 Å². The minimum Gasteiger partial charge on any atom is -0.393 e. The van der Waals surface area contributed by atoms with Crippen molar-refractivity contribution in [1.29, 1.82) is 0 Å². The first-order valence-corrected chi connectivity index (χ1v) is 8.38. The summed E-state index contributed by atoms with van der Waals surface area (Å²) >= 11 is 0. The van der Waals surface area contributed by atoms with E-state index >= 15 is 0 Å². The number of likely N-dealkylation sites (tertiary alicyclic amines) is 1. The molecular formula is C18H29N3O. The molecule has 1 fully saturated rings. The molecule has 4 nitrogen and oxygen atoms in total. The Bertz CT molecular complexity index is 476. The number of aryl methyl sites for hydroxylation is 1. The predicted molar refractivity (Wildman–Crippen MR) is 92.4 cm³/mol. The van der Waals surface area contributed by atoms with E-state index in [0.29, 0.717) is 5.92 Å². The Labute approximate surface area is 134 Å². The molecule has 122 valence electrons. The third kappa shape index (κ3) is 4.73. The topological polar surface area (TPSA) is 47.9 Å². The van der Waals surface area contributed by atoms with Gasteiger partial charge in [-0.05, 0) is 32.3 Å². The molecule has 0 amide bonds. The van der Waals surface area contributed by atoms with Crippen molar-refractivity contribution < 1.29 is 5.11 Å². The monoisotopic (exact) mass is 303 g/mol. The Balaban J connectivity index is 1.98. The average molecular weight is 303 g/mol. The van der Waals surface area contributed by atoms with Crippen molar-refractivity contribution in [2.75, 3.05) is 26.2 Å². The van der Waals surface area contributed by atoms with Gasteiger partial charge in [0, 0.05) is 32.1 Å². The van der Waals surface area contributed by atoms with Crippen LogP contribution in [0.15, 0.2) is 29.3 Å². The quantitative estimate of drug-likeness (QED) is 0.664. The van der Waals surface area contributed by atoms with Crippen LogP contribution in [-0.4, -0.2) is 48.2 Å². The molecule has 4 heteroatoms. The highest BCUT2D eigenvalue weighted by Gasteiger charge is 2.19. The van der Waals surface area contributed by atoms with Gasteiger partial charge in [-0.3, -0.25) is 4.99 Å². The summed E-state index contributed by atoms with van der Waals surface area (Å²) in [5, 5.41) is 13.0. The van der Waals surface area contributed by atoms with Gasteiger partial charge in [-0.15, -0.1) is 0 Å². The number of benzene rings is 1. The second-order valence-electron chi connectivity index (χ2n) is 6.22. The smallest absolute Gasteiger partial charge is 0.193 e. The molecule has 0 saturated carbocycles. The molecular weight excluding hydrogens is 274 g/mol. The molecule has 1 aliphatic rings. The fraction of sp³-hybridized carbons (Fsp3) is 0.611. The average Bonchev–Trinajstić information content (AvgIpc) is 2.53. The number of hydrogen-bond donors (Lipinski definition) is 2. The number of nitrogens with one attached hydrogen (secondary N) is 1. The summed E-state index contributed by atoms with van der Waals surface area (Å²) in [6.45, 7) is 9.84. The first-order valence-electron chi connectivity index (χ1n) is 8.38. The molecule has 1 atom stereocenters. The summed E-state index contributed by atoms with van der Waals surface area (Å²) in [5.74, 6) is 1.39. The summed E-state index contributed by atoms with van der Waals surface area (Å²) in [6, 6.07) is 8.71. The minimum absolute atomic E-state index is 0.148. The van der Waals surface area contributed by atoms with Gasteiger partial charge in [0.1, 0.15) is 0 Å². The summed E-state index contributed by atoms with van der Waals surface area (Å²) in [5.41, 5.74) is 2.62. The Morgan fingerprint density at radius 2 is 1.95 bits per heavy atom. The van der Waals surface area contributed by atoms with Gasteiger partial charge in [-0.1, -0.05) is 36.8 Å². The van der Waals surface area contributed by atoms with E-state index in [4.69, 9.17) is 4.99 Å². The van der Waals surface area contributed by atoms with Gasteiger partial charge in [0.15, 0.2) is 5.96 Å². The predicted octanol–water partition coefficient (Wildman–Crippen LogP) is 2.52. The number of aliphatic hydroxyl groups excluding tert-OH is 1. The van der Waals surface area contributed by atoms with Crippen LogP contribution in [0, 0.1) is 6.92 Å². The summed E-state index contributed by atoms with van der Waals surface area (Å²) in [6.07, 6.45) is 1.51. The zero-order valence-electron chi connectivity index (χ0n) is 14.0. The van der Waals surface area contributed by atoms with Crippen LogP contribution in [0.1, 0.15) is 43.7 Å². The molecule has 1 saturated heterocycles. The highest BCUT2D eigenvalue weighted by molar-refractivity contribution is 5.80. The Kier molecular flexibility index (Phi) is 6.25. The standard InChI is InChI=1S/C18H29N3O/c1-4-19-18(21-11-9-17(22)10-12-21)20-13-15(3)16-7-5-14(2)6-8-16/h5-8,15,17,22H,4,9-13H2,1-3H3,(H,19,20). The number of hydrogen-bond acceptors (Lipinski definition) is 2. The van der Waals surface area contributed by atoms with Crippen LogP contribution < -0.4 is 5.32 Å². The summed E-state index contributed by atoms with van der Waals surface area (Å²) in [4.78, 5) is 7.07. The van der Waals surface area contributed by atoms with Crippen molar-refractivity contribution in [3.05, 3.63) is 35.4 Å². The molecule has 1 aromatic carbocycles. The van der Waals surface area contributed by atoms with Gasteiger partial charge >= 0.3 is 0 Å². The number of rotatable bonds is 4. The first kappa shape index (κ1) is 16.8. The van der Waals surface area contributed by atoms with E-state index < -0.39 is 0 Å². The van der Waals surface area contributed by atoms with Gasteiger partial charge < -0.3 is 15.3 Å². The number of guanidine groups is 1. The largest absolute Gasteiger partial charge is 0.393 e. The Morgan fingerprint density at radius 1 is 1.32 bits per heavy atom. The SMILES string of the molecule is CCNC(=NCC(C)c1ccc(C)cc1)N1CCC(O)CC1. The molecule has 0 aromatic heterocycles. The number of aliphatic hydroxyl groups is 1. The van der Waals surface area contributed by atoms with Crippen LogP contribution in [0.5, 0.6) is 0 Å². The van der Waals surface area contributed by atoms with Gasteiger partial charge in [-0.2, -0.15) is 0 Å². The third-order valence-corrected chi connectivity index (χ3v) is 4.26. The lowest BCUT2D eigenvalue weighted by Gasteiger charge is -2.32. The van der Waals surface area contributed by atoms with E-state index in [-0.39, 0.29) is 6.10 Å². The zero-order chi connectivity index (χ0) is 15.9. The van der Waals surface area contributed by atoms with E-state index in [0.717, 1.165) is 45.0 Å².